The molecule has 1 amide bonds. The van der Waals surface area contributed by atoms with E-state index in [-0.39, 0.29) is 24.2 Å². The summed E-state index contributed by atoms with van der Waals surface area (Å²) in [4.78, 5) is 9.96. The summed E-state index contributed by atoms with van der Waals surface area (Å²) in [6, 6.07) is 7.26. The number of methoxy groups -OCH3 is 1. The van der Waals surface area contributed by atoms with Crippen LogP contribution in [0.2, 0.25) is 0 Å². The van der Waals surface area contributed by atoms with Gasteiger partial charge < -0.3 is 10.1 Å². The number of hydrogen-bond donors (Lipinski definition) is 1. The number of rotatable bonds is 5. The molecule has 0 saturated heterocycles. The second-order valence-electron chi connectivity index (χ2n) is 5.52. The molecular formula is C16H16F5NO2S. The lowest BCUT2D eigenvalue weighted by molar-refractivity contribution is -0.115. The highest BCUT2D eigenvalue weighted by Gasteiger charge is 2.65. The Hall–Kier alpha value is -2.29. The summed E-state index contributed by atoms with van der Waals surface area (Å²) in [6.45, 7) is 1.84. The van der Waals surface area contributed by atoms with Gasteiger partial charge in [-0.25, -0.2) is 0 Å². The molecule has 0 fully saturated rings. The maximum atomic E-state index is 12.6. The Kier molecular flexibility index (Phi) is 4.28. The van der Waals surface area contributed by atoms with Crippen LogP contribution in [0.1, 0.15) is 11.1 Å². The van der Waals surface area contributed by atoms with Crippen LogP contribution in [0.4, 0.5) is 25.1 Å². The molecule has 0 spiro atoms. The Balaban J connectivity index is 2.09. The van der Waals surface area contributed by atoms with Gasteiger partial charge in [0, 0.05) is 5.69 Å². The Labute approximate surface area is 141 Å². The van der Waals surface area contributed by atoms with Crippen molar-refractivity contribution in [3.63, 3.8) is 0 Å². The lowest BCUT2D eigenvalue weighted by Crippen LogP contribution is -2.14. The zero-order valence-electron chi connectivity index (χ0n) is 13.4. The van der Waals surface area contributed by atoms with E-state index in [0.29, 0.717) is 11.3 Å². The van der Waals surface area contributed by atoms with Crippen LogP contribution in [0, 0.1) is 6.92 Å². The first-order chi connectivity index (χ1) is 11.3. The van der Waals surface area contributed by atoms with Crippen LogP contribution < -0.4 is 10.1 Å². The minimum absolute atomic E-state index is 0.00493. The number of hydrogen-bond acceptors (Lipinski definition) is 2. The highest BCUT2D eigenvalue weighted by atomic mass is 32.5. The summed E-state index contributed by atoms with van der Waals surface area (Å²) in [5.74, 6) is 0.108. The number of carbonyl (C=O) groups excluding carboxylic acids is 1. The number of carbonyl (C=O) groups is 1. The minimum atomic E-state index is -9.71. The fourth-order valence-electron chi connectivity index (χ4n) is 2.16. The molecule has 0 unspecified atom stereocenters. The minimum Gasteiger partial charge on any atom is -0.496 e. The van der Waals surface area contributed by atoms with Gasteiger partial charge in [0.1, 0.15) is 10.6 Å². The molecule has 2 rings (SSSR count). The Morgan fingerprint density at radius 2 is 1.64 bits per heavy atom. The van der Waals surface area contributed by atoms with Crippen molar-refractivity contribution in [2.75, 3.05) is 12.4 Å². The molecule has 0 saturated carbocycles. The molecule has 0 aliphatic carbocycles. The fourth-order valence-corrected chi connectivity index (χ4v) is 2.81. The van der Waals surface area contributed by atoms with Crippen molar-refractivity contribution in [3.8, 4) is 5.75 Å². The van der Waals surface area contributed by atoms with E-state index in [4.69, 9.17) is 4.74 Å². The molecule has 0 heterocycles. The second-order valence-corrected chi connectivity index (χ2v) is 7.93. The van der Waals surface area contributed by atoms with E-state index in [2.05, 4.69) is 5.32 Å². The normalized spacial score (nSPS) is 14.4. The van der Waals surface area contributed by atoms with Crippen LogP contribution in [0.3, 0.4) is 0 Å². The van der Waals surface area contributed by atoms with Crippen molar-refractivity contribution in [1.82, 2.24) is 0 Å². The molecule has 0 radical (unpaired) electrons. The van der Waals surface area contributed by atoms with Gasteiger partial charge >= 0.3 is 10.2 Å². The fraction of sp³-hybridized carbons (Fsp3) is 0.188. The number of halogens is 5. The first-order valence-corrected chi connectivity index (χ1v) is 9.01. The van der Waals surface area contributed by atoms with Gasteiger partial charge in [-0.2, -0.15) is 0 Å². The third-order valence-electron chi connectivity index (χ3n) is 3.42. The van der Waals surface area contributed by atoms with Crippen LogP contribution in [-0.2, 0) is 11.2 Å². The molecule has 25 heavy (non-hydrogen) atoms. The predicted octanol–water partition coefficient (Wildman–Crippen LogP) is 5.84. The summed E-state index contributed by atoms with van der Waals surface area (Å²) >= 11 is 0. The molecule has 0 aromatic heterocycles. The van der Waals surface area contributed by atoms with Crippen LogP contribution in [-0.4, -0.2) is 13.0 Å². The van der Waals surface area contributed by atoms with Gasteiger partial charge in [0.2, 0.25) is 5.91 Å². The van der Waals surface area contributed by atoms with E-state index in [1.54, 1.807) is 18.2 Å². The van der Waals surface area contributed by atoms with Gasteiger partial charge in [-0.1, -0.05) is 31.6 Å². The Bertz CT molecular complexity index is 804. The standard InChI is InChI=1S/C16H16F5NO2S/c1-11-3-4-12(9-15(11)24-2)10-16(23)22-13-5-7-14(8-6-13)25(17,18,19,20)21/h3-9H,10H2,1-2H3,(H,22,23). The SMILES string of the molecule is COc1cc(CC(=O)Nc2ccc(S(F)(F)(F)(F)F)cc2)ccc1C. The summed E-state index contributed by atoms with van der Waals surface area (Å²) in [5.41, 5.74) is 1.52. The topological polar surface area (TPSA) is 38.3 Å². The van der Waals surface area contributed by atoms with Gasteiger partial charge in [-0.3, -0.25) is 4.79 Å². The third kappa shape index (κ3) is 5.09. The Morgan fingerprint density at radius 1 is 1.04 bits per heavy atom. The summed E-state index contributed by atoms with van der Waals surface area (Å²) in [7, 11) is -8.21. The number of aryl methyl sites for hydroxylation is 1. The lowest BCUT2D eigenvalue weighted by Gasteiger charge is -2.40. The highest BCUT2D eigenvalue weighted by Crippen LogP contribution is 3.02. The van der Waals surface area contributed by atoms with Gasteiger partial charge in [0.15, 0.2) is 0 Å². The van der Waals surface area contributed by atoms with E-state index < -0.39 is 21.0 Å². The van der Waals surface area contributed by atoms with Gasteiger partial charge in [0.25, 0.3) is 0 Å². The van der Waals surface area contributed by atoms with Crippen molar-refractivity contribution in [3.05, 3.63) is 53.6 Å². The molecule has 0 aliphatic rings. The molecule has 3 nitrogen and oxygen atoms in total. The van der Waals surface area contributed by atoms with Crippen molar-refractivity contribution in [2.45, 2.75) is 18.2 Å². The number of amides is 1. The molecule has 138 valence electrons. The molecule has 9 heteroatoms. The largest absolute Gasteiger partial charge is 0.496 e. The predicted molar refractivity (Wildman–Crippen MR) is 87.9 cm³/mol. The summed E-state index contributed by atoms with van der Waals surface area (Å²) in [6.07, 6.45) is -0.0417. The highest BCUT2D eigenvalue weighted by molar-refractivity contribution is 8.45. The third-order valence-corrected chi connectivity index (χ3v) is 4.58. The molecular weight excluding hydrogens is 365 g/mol. The van der Waals surface area contributed by atoms with E-state index in [1.165, 1.54) is 7.11 Å². The maximum Gasteiger partial charge on any atom is 0.310 e. The second kappa shape index (κ2) is 5.62. The van der Waals surface area contributed by atoms with E-state index in [1.807, 2.05) is 6.92 Å². The van der Waals surface area contributed by atoms with Gasteiger partial charge in [0.05, 0.1) is 13.5 Å². The van der Waals surface area contributed by atoms with E-state index in [0.717, 1.165) is 17.7 Å². The average molecular weight is 381 g/mol. The molecule has 2 aromatic rings. The van der Waals surface area contributed by atoms with Gasteiger partial charge in [-0.15, -0.1) is 0 Å². The summed E-state index contributed by atoms with van der Waals surface area (Å²) in [5, 5.41) is 2.37. The molecule has 0 bridgehead atoms. The van der Waals surface area contributed by atoms with Crippen molar-refractivity contribution in [2.24, 2.45) is 0 Å². The average Bonchev–Trinajstić information content (AvgIpc) is 2.47. The molecule has 1 N–H and O–H groups in total. The van der Waals surface area contributed by atoms with Crippen LogP contribution in [0.25, 0.3) is 0 Å². The van der Waals surface area contributed by atoms with Crippen LogP contribution >= 0.6 is 10.2 Å². The zero-order valence-corrected chi connectivity index (χ0v) is 14.2. The van der Waals surface area contributed by atoms with E-state index in [9.17, 15) is 24.2 Å². The number of benzene rings is 2. The Morgan fingerprint density at radius 3 is 2.16 bits per heavy atom. The first kappa shape index (κ1) is 19.0. The van der Waals surface area contributed by atoms with Crippen molar-refractivity contribution in [1.29, 1.82) is 0 Å². The smallest absolute Gasteiger partial charge is 0.310 e. The molecule has 0 aliphatic heterocycles. The van der Waals surface area contributed by atoms with Crippen molar-refractivity contribution >= 4 is 21.8 Å². The zero-order chi connectivity index (χ0) is 18.9. The molecule has 2 aromatic carbocycles. The lowest BCUT2D eigenvalue weighted by atomic mass is 10.1. The van der Waals surface area contributed by atoms with Crippen molar-refractivity contribution < 1.29 is 29.0 Å². The maximum absolute atomic E-state index is 12.6. The molecule has 0 atom stereocenters. The summed E-state index contributed by atoms with van der Waals surface area (Å²) < 4.78 is 68.3. The van der Waals surface area contributed by atoms with E-state index >= 15 is 0 Å². The monoisotopic (exact) mass is 381 g/mol. The van der Waals surface area contributed by atoms with Crippen LogP contribution in [0.15, 0.2) is 47.4 Å². The van der Waals surface area contributed by atoms with Gasteiger partial charge in [-0.05, 0) is 48.4 Å². The first-order valence-electron chi connectivity index (χ1n) is 7.06. The number of anilines is 1. The quantitative estimate of drug-likeness (QED) is 0.661. The number of ether oxygens (including phenoxy) is 1. The van der Waals surface area contributed by atoms with Crippen LogP contribution in [0.5, 0.6) is 5.75 Å². The number of nitrogens with one attached hydrogen (secondary N) is 1.